The van der Waals surface area contributed by atoms with Crippen LogP contribution in [0.5, 0.6) is 0 Å². The highest BCUT2D eigenvalue weighted by atomic mass is 16.4. The standard InChI is InChI=1S/C18H28N2O2/c1-3-4-10-16(18(21)22)20-15-9-5-8-14(12-15)17-13(2)7-6-11-19-17/h6-7,11,14-16,20H,3-5,8-10,12H2,1-2H3,(H,21,22). The molecule has 0 aromatic carbocycles. The van der Waals surface area contributed by atoms with Gasteiger partial charge >= 0.3 is 5.97 Å². The van der Waals surface area contributed by atoms with Gasteiger partial charge in [0, 0.05) is 23.9 Å². The Kier molecular flexibility index (Phi) is 6.37. The van der Waals surface area contributed by atoms with Crippen molar-refractivity contribution in [2.75, 3.05) is 0 Å². The molecule has 122 valence electrons. The maximum Gasteiger partial charge on any atom is 0.320 e. The van der Waals surface area contributed by atoms with Crippen molar-refractivity contribution in [2.24, 2.45) is 0 Å². The fourth-order valence-electron chi connectivity index (χ4n) is 3.49. The summed E-state index contributed by atoms with van der Waals surface area (Å²) >= 11 is 0. The van der Waals surface area contributed by atoms with Crippen molar-refractivity contribution in [3.63, 3.8) is 0 Å². The quantitative estimate of drug-likeness (QED) is 0.807. The van der Waals surface area contributed by atoms with E-state index < -0.39 is 12.0 Å². The zero-order valence-corrected chi connectivity index (χ0v) is 13.7. The maximum absolute atomic E-state index is 11.4. The predicted octanol–water partition coefficient (Wildman–Crippen LogP) is 3.65. The summed E-state index contributed by atoms with van der Waals surface area (Å²) in [5, 5.41) is 12.8. The molecule has 0 aliphatic heterocycles. The van der Waals surface area contributed by atoms with Gasteiger partial charge in [-0.3, -0.25) is 9.78 Å². The van der Waals surface area contributed by atoms with Crippen molar-refractivity contribution in [1.82, 2.24) is 10.3 Å². The van der Waals surface area contributed by atoms with Crippen LogP contribution >= 0.6 is 0 Å². The highest BCUT2D eigenvalue weighted by Gasteiger charge is 2.28. The summed E-state index contributed by atoms with van der Waals surface area (Å²) < 4.78 is 0. The third-order valence-electron chi connectivity index (χ3n) is 4.69. The minimum atomic E-state index is -0.718. The van der Waals surface area contributed by atoms with E-state index in [0.29, 0.717) is 5.92 Å². The van der Waals surface area contributed by atoms with Gasteiger partial charge in [-0.1, -0.05) is 32.3 Å². The van der Waals surface area contributed by atoms with Gasteiger partial charge in [0.15, 0.2) is 0 Å². The second kappa shape index (κ2) is 8.28. The predicted molar refractivity (Wildman–Crippen MR) is 88.1 cm³/mol. The Balaban J connectivity index is 1.98. The van der Waals surface area contributed by atoms with Crippen molar-refractivity contribution in [3.05, 3.63) is 29.6 Å². The molecule has 0 amide bonds. The number of aryl methyl sites for hydroxylation is 1. The second-order valence-corrected chi connectivity index (χ2v) is 6.47. The van der Waals surface area contributed by atoms with Crippen LogP contribution in [0.25, 0.3) is 0 Å². The monoisotopic (exact) mass is 304 g/mol. The molecule has 4 nitrogen and oxygen atoms in total. The number of rotatable bonds is 7. The van der Waals surface area contributed by atoms with Crippen molar-refractivity contribution in [2.45, 2.75) is 76.8 Å². The number of nitrogens with zero attached hydrogens (tertiary/aromatic N) is 1. The summed E-state index contributed by atoms with van der Waals surface area (Å²) in [6, 6.07) is 3.97. The van der Waals surface area contributed by atoms with Gasteiger partial charge in [0.25, 0.3) is 0 Å². The SMILES string of the molecule is CCCCC(NC1CCCC(c2ncccc2C)C1)C(=O)O. The molecule has 1 aliphatic carbocycles. The molecule has 22 heavy (non-hydrogen) atoms. The summed E-state index contributed by atoms with van der Waals surface area (Å²) in [6.45, 7) is 4.21. The van der Waals surface area contributed by atoms with E-state index >= 15 is 0 Å². The van der Waals surface area contributed by atoms with Crippen molar-refractivity contribution in [3.8, 4) is 0 Å². The largest absolute Gasteiger partial charge is 0.480 e. The summed E-state index contributed by atoms with van der Waals surface area (Å²) in [5.41, 5.74) is 2.43. The van der Waals surface area contributed by atoms with E-state index in [1.165, 1.54) is 11.3 Å². The van der Waals surface area contributed by atoms with Gasteiger partial charge in [0.2, 0.25) is 0 Å². The Hall–Kier alpha value is -1.42. The number of aromatic nitrogens is 1. The van der Waals surface area contributed by atoms with Gasteiger partial charge < -0.3 is 10.4 Å². The normalized spacial score (nSPS) is 23.2. The molecule has 1 fully saturated rings. The number of carbonyl (C=O) groups is 1. The molecule has 1 saturated carbocycles. The molecule has 0 bridgehead atoms. The Morgan fingerprint density at radius 3 is 3.00 bits per heavy atom. The molecule has 3 unspecified atom stereocenters. The number of nitrogens with one attached hydrogen (secondary N) is 1. The number of unbranched alkanes of at least 4 members (excludes halogenated alkanes) is 1. The van der Waals surface area contributed by atoms with Crippen molar-refractivity contribution in [1.29, 1.82) is 0 Å². The summed E-state index contributed by atoms with van der Waals surface area (Å²) in [7, 11) is 0. The van der Waals surface area contributed by atoms with E-state index in [1.807, 2.05) is 12.3 Å². The Bertz CT molecular complexity index is 490. The highest BCUT2D eigenvalue weighted by molar-refractivity contribution is 5.73. The smallest absolute Gasteiger partial charge is 0.320 e. The Labute approximate surface area is 133 Å². The van der Waals surface area contributed by atoms with Crippen LogP contribution in [0.4, 0.5) is 0 Å². The molecule has 3 atom stereocenters. The van der Waals surface area contributed by atoms with Crippen LogP contribution in [-0.2, 0) is 4.79 Å². The molecule has 1 aromatic rings. The Morgan fingerprint density at radius 2 is 2.32 bits per heavy atom. The number of hydrogen-bond acceptors (Lipinski definition) is 3. The second-order valence-electron chi connectivity index (χ2n) is 6.47. The Morgan fingerprint density at radius 1 is 1.50 bits per heavy atom. The number of carboxylic acid groups (broad SMARTS) is 1. The van der Waals surface area contributed by atoms with E-state index in [9.17, 15) is 9.90 Å². The van der Waals surface area contributed by atoms with Crippen LogP contribution < -0.4 is 5.32 Å². The van der Waals surface area contributed by atoms with Gasteiger partial charge in [-0.25, -0.2) is 0 Å². The molecule has 0 saturated heterocycles. The zero-order valence-electron chi connectivity index (χ0n) is 13.7. The number of pyridine rings is 1. The van der Waals surface area contributed by atoms with E-state index in [1.54, 1.807) is 0 Å². The van der Waals surface area contributed by atoms with Crippen LogP contribution in [0.1, 0.15) is 69.0 Å². The van der Waals surface area contributed by atoms with Crippen molar-refractivity contribution >= 4 is 5.97 Å². The first-order valence-electron chi connectivity index (χ1n) is 8.52. The molecule has 1 aromatic heterocycles. The first kappa shape index (κ1) is 16.9. The van der Waals surface area contributed by atoms with E-state index in [0.717, 1.165) is 44.9 Å². The molecule has 0 spiro atoms. The lowest BCUT2D eigenvalue weighted by molar-refractivity contribution is -0.140. The van der Waals surface area contributed by atoms with Gasteiger partial charge in [0.1, 0.15) is 6.04 Å². The molecule has 4 heteroatoms. The van der Waals surface area contributed by atoms with Gasteiger partial charge in [-0.15, -0.1) is 0 Å². The summed E-state index contributed by atoms with van der Waals surface area (Å²) in [4.78, 5) is 16.0. The first-order valence-corrected chi connectivity index (χ1v) is 8.52. The number of aliphatic carboxylic acids is 1. The first-order chi connectivity index (χ1) is 10.6. The highest BCUT2D eigenvalue weighted by Crippen LogP contribution is 2.33. The minimum Gasteiger partial charge on any atom is -0.480 e. The lowest BCUT2D eigenvalue weighted by atomic mass is 9.82. The molecule has 2 N–H and O–H groups in total. The number of hydrogen-bond donors (Lipinski definition) is 2. The summed E-state index contributed by atoms with van der Waals surface area (Å²) in [5.74, 6) is -0.266. The minimum absolute atomic E-state index is 0.290. The molecule has 1 aliphatic rings. The third kappa shape index (κ3) is 4.54. The van der Waals surface area contributed by atoms with Crippen LogP contribution in [0.2, 0.25) is 0 Å². The zero-order chi connectivity index (χ0) is 15.9. The van der Waals surface area contributed by atoms with E-state index in [-0.39, 0.29) is 6.04 Å². The van der Waals surface area contributed by atoms with E-state index in [4.69, 9.17) is 0 Å². The average Bonchev–Trinajstić information content (AvgIpc) is 2.52. The third-order valence-corrected chi connectivity index (χ3v) is 4.69. The summed E-state index contributed by atoms with van der Waals surface area (Å²) in [6.07, 6.45) is 8.93. The van der Waals surface area contributed by atoms with Gasteiger partial charge in [-0.05, 0) is 44.2 Å². The van der Waals surface area contributed by atoms with Gasteiger partial charge in [-0.2, -0.15) is 0 Å². The number of carboxylic acids is 1. The van der Waals surface area contributed by atoms with E-state index in [2.05, 4.69) is 30.2 Å². The van der Waals surface area contributed by atoms with Crippen LogP contribution in [0, 0.1) is 6.92 Å². The fraction of sp³-hybridized carbons (Fsp3) is 0.667. The topological polar surface area (TPSA) is 62.2 Å². The van der Waals surface area contributed by atoms with Gasteiger partial charge in [0.05, 0.1) is 0 Å². The molecular formula is C18H28N2O2. The fourth-order valence-corrected chi connectivity index (χ4v) is 3.49. The van der Waals surface area contributed by atoms with Crippen LogP contribution in [-0.4, -0.2) is 28.1 Å². The lowest BCUT2D eigenvalue weighted by Gasteiger charge is -2.32. The lowest BCUT2D eigenvalue weighted by Crippen LogP contribution is -2.45. The van der Waals surface area contributed by atoms with Crippen LogP contribution in [0.3, 0.4) is 0 Å². The maximum atomic E-state index is 11.4. The molecule has 2 rings (SSSR count). The molecule has 1 heterocycles. The van der Waals surface area contributed by atoms with Crippen molar-refractivity contribution < 1.29 is 9.90 Å². The molecular weight excluding hydrogens is 276 g/mol. The molecule has 0 radical (unpaired) electrons. The van der Waals surface area contributed by atoms with Crippen LogP contribution in [0.15, 0.2) is 18.3 Å². The average molecular weight is 304 g/mol.